The zero-order valence-electron chi connectivity index (χ0n) is 11.2. The summed E-state index contributed by atoms with van der Waals surface area (Å²) in [5.74, 6) is 1.57. The number of fused-ring (bicyclic) bond motifs is 1. The van der Waals surface area contributed by atoms with Gasteiger partial charge in [-0.1, -0.05) is 6.92 Å². The highest BCUT2D eigenvalue weighted by Gasteiger charge is 2.33. The first-order valence-electron chi connectivity index (χ1n) is 6.54. The van der Waals surface area contributed by atoms with Crippen LogP contribution in [0, 0.1) is 11.8 Å². The Morgan fingerprint density at radius 3 is 2.95 bits per heavy atom. The molecule has 1 heterocycles. The van der Waals surface area contributed by atoms with Crippen LogP contribution in [0.25, 0.3) is 10.9 Å². The van der Waals surface area contributed by atoms with Gasteiger partial charge in [-0.05, 0) is 30.4 Å². The molecular formula is C14H18N4O. The van der Waals surface area contributed by atoms with E-state index in [4.69, 9.17) is 5.73 Å². The molecule has 0 amide bonds. The van der Waals surface area contributed by atoms with E-state index in [2.05, 4.69) is 21.8 Å². The summed E-state index contributed by atoms with van der Waals surface area (Å²) in [6, 6.07) is 3.61. The smallest absolute Gasteiger partial charge is 0.258 e. The molecule has 5 heteroatoms. The van der Waals surface area contributed by atoms with Crippen molar-refractivity contribution in [2.75, 3.05) is 24.2 Å². The molecule has 3 N–H and O–H groups in total. The van der Waals surface area contributed by atoms with Gasteiger partial charge in [-0.3, -0.25) is 4.79 Å². The Balaban J connectivity index is 1.99. The molecule has 0 aliphatic heterocycles. The molecule has 1 aromatic carbocycles. The molecule has 1 aliphatic carbocycles. The first-order chi connectivity index (χ1) is 9.06. The lowest BCUT2D eigenvalue weighted by Gasteiger charge is -2.21. The minimum atomic E-state index is -0.151. The molecule has 19 heavy (non-hydrogen) atoms. The fraction of sp³-hybridized carbons (Fsp3) is 0.429. The summed E-state index contributed by atoms with van der Waals surface area (Å²) in [6.07, 6.45) is 2.71. The highest BCUT2D eigenvalue weighted by atomic mass is 16.1. The standard InChI is InChI=1S/C14H18N4O/c1-8-3-9(8)6-18(2)13-5-12-10(4-11(13)15)14(19)17-7-16-12/h4-5,7-9H,3,6,15H2,1-2H3,(H,16,17,19). The van der Waals surface area contributed by atoms with Gasteiger partial charge in [0.25, 0.3) is 5.56 Å². The molecule has 3 rings (SSSR count). The number of hydrogen-bond acceptors (Lipinski definition) is 4. The first kappa shape index (κ1) is 12.0. The maximum Gasteiger partial charge on any atom is 0.258 e. The minimum absolute atomic E-state index is 0.151. The van der Waals surface area contributed by atoms with Crippen molar-refractivity contribution in [3.8, 4) is 0 Å². The quantitative estimate of drug-likeness (QED) is 0.820. The first-order valence-corrected chi connectivity index (χ1v) is 6.54. The van der Waals surface area contributed by atoms with E-state index in [1.807, 2.05) is 13.1 Å². The maximum absolute atomic E-state index is 11.7. The molecule has 1 fully saturated rings. The number of benzene rings is 1. The molecule has 1 aromatic heterocycles. The van der Waals surface area contributed by atoms with Gasteiger partial charge in [-0.15, -0.1) is 0 Å². The summed E-state index contributed by atoms with van der Waals surface area (Å²) in [5, 5.41) is 0.539. The molecule has 1 saturated carbocycles. The zero-order chi connectivity index (χ0) is 13.6. The number of nitrogen functional groups attached to an aromatic ring is 1. The molecule has 1 aliphatic rings. The molecule has 2 aromatic rings. The van der Waals surface area contributed by atoms with E-state index in [1.165, 1.54) is 12.7 Å². The summed E-state index contributed by atoms with van der Waals surface area (Å²) in [5.41, 5.74) is 8.17. The van der Waals surface area contributed by atoms with Crippen molar-refractivity contribution >= 4 is 22.3 Å². The average Bonchev–Trinajstić information content (AvgIpc) is 3.05. The number of aromatic amines is 1. The predicted octanol–water partition coefficient (Wildman–Crippen LogP) is 1.60. The largest absolute Gasteiger partial charge is 0.397 e. The third-order valence-electron chi connectivity index (χ3n) is 3.98. The Hall–Kier alpha value is -2.04. The summed E-state index contributed by atoms with van der Waals surface area (Å²) >= 11 is 0. The highest BCUT2D eigenvalue weighted by Crippen LogP contribution is 2.39. The van der Waals surface area contributed by atoms with Crippen LogP contribution in [0.5, 0.6) is 0 Å². The summed E-state index contributed by atoms with van der Waals surface area (Å²) in [6.45, 7) is 3.27. The van der Waals surface area contributed by atoms with Crippen LogP contribution < -0.4 is 16.2 Å². The van der Waals surface area contributed by atoms with E-state index in [0.717, 1.165) is 24.1 Å². The monoisotopic (exact) mass is 258 g/mol. The molecule has 5 nitrogen and oxygen atoms in total. The van der Waals surface area contributed by atoms with Gasteiger partial charge >= 0.3 is 0 Å². The maximum atomic E-state index is 11.7. The van der Waals surface area contributed by atoms with Crippen molar-refractivity contribution in [1.82, 2.24) is 9.97 Å². The predicted molar refractivity (Wildman–Crippen MR) is 77.3 cm³/mol. The second-order valence-corrected chi connectivity index (χ2v) is 5.51. The number of nitrogens with zero attached hydrogens (tertiary/aromatic N) is 2. The second-order valence-electron chi connectivity index (χ2n) is 5.51. The Morgan fingerprint density at radius 2 is 2.26 bits per heavy atom. The number of anilines is 2. The van der Waals surface area contributed by atoms with Crippen molar-refractivity contribution in [3.63, 3.8) is 0 Å². The topological polar surface area (TPSA) is 75.0 Å². The Morgan fingerprint density at radius 1 is 1.53 bits per heavy atom. The van der Waals surface area contributed by atoms with Gasteiger partial charge in [0, 0.05) is 13.6 Å². The van der Waals surface area contributed by atoms with Crippen LogP contribution >= 0.6 is 0 Å². The third kappa shape index (κ3) is 2.16. The third-order valence-corrected chi connectivity index (χ3v) is 3.98. The number of aromatic nitrogens is 2. The van der Waals surface area contributed by atoms with Crippen LogP contribution in [0.3, 0.4) is 0 Å². The molecule has 0 spiro atoms. The van der Waals surface area contributed by atoms with Crippen LogP contribution in [-0.2, 0) is 0 Å². The van der Waals surface area contributed by atoms with E-state index < -0.39 is 0 Å². The van der Waals surface area contributed by atoms with Gasteiger partial charge in [0.05, 0.1) is 28.6 Å². The SMILES string of the molecule is CC1CC1CN(C)c1cc2nc[nH]c(=O)c2cc1N. The molecule has 0 bridgehead atoms. The number of nitrogens with two attached hydrogens (primary N) is 1. The van der Waals surface area contributed by atoms with Gasteiger partial charge in [-0.2, -0.15) is 0 Å². The Labute approximate surface area is 111 Å². The fourth-order valence-electron chi connectivity index (χ4n) is 2.55. The van der Waals surface area contributed by atoms with Crippen molar-refractivity contribution in [1.29, 1.82) is 0 Å². The minimum Gasteiger partial charge on any atom is -0.397 e. The molecule has 2 unspecified atom stereocenters. The molecule has 0 radical (unpaired) electrons. The zero-order valence-corrected chi connectivity index (χ0v) is 11.2. The number of rotatable bonds is 3. The average molecular weight is 258 g/mol. The van der Waals surface area contributed by atoms with Crippen molar-refractivity contribution in [2.45, 2.75) is 13.3 Å². The normalized spacial score (nSPS) is 21.6. The fourth-order valence-corrected chi connectivity index (χ4v) is 2.55. The Kier molecular flexibility index (Phi) is 2.69. The van der Waals surface area contributed by atoms with Gasteiger partial charge in [0.15, 0.2) is 0 Å². The number of H-pyrrole nitrogens is 1. The van der Waals surface area contributed by atoms with Gasteiger partial charge in [-0.25, -0.2) is 4.98 Å². The lowest BCUT2D eigenvalue weighted by atomic mass is 10.1. The van der Waals surface area contributed by atoms with Crippen LogP contribution in [0.15, 0.2) is 23.3 Å². The van der Waals surface area contributed by atoms with E-state index in [1.54, 1.807) is 6.07 Å². The van der Waals surface area contributed by atoms with Gasteiger partial charge < -0.3 is 15.6 Å². The van der Waals surface area contributed by atoms with E-state index >= 15 is 0 Å². The van der Waals surface area contributed by atoms with Crippen LogP contribution in [-0.4, -0.2) is 23.6 Å². The highest BCUT2D eigenvalue weighted by molar-refractivity contribution is 5.88. The van der Waals surface area contributed by atoms with E-state index in [9.17, 15) is 4.79 Å². The van der Waals surface area contributed by atoms with E-state index in [0.29, 0.717) is 16.6 Å². The van der Waals surface area contributed by atoms with E-state index in [-0.39, 0.29) is 5.56 Å². The lowest BCUT2D eigenvalue weighted by molar-refractivity contribution is 0.726. The van der Waals surface area contributed by atoms with Crippen molar-refractivity contribution < 1.29 is 0 Å². The molecule has 100 valence electrons. The van der Waals surface area contributed by atoms with Crippen LogP contribution in [0.4, 0.5) is 11.4 Å². The summed E-state index contributed by atoms with van der Waals surface area (Å²) in [7, 11) is 2.04. The summed E-state index contributed by atoms with van der Waals surface area (Å²) < 4.78 is 0. The van der Waals surface area contributed by atoms with Crippen molar-refractivity contribution in [2.24, 2.45) is 11.8 Å². The summed E-state index contributed by atoms with van der Waals surface area (Å²) in [4.78, 5) is 20.6. The van der Waals surface area contributed by atoms with Crippen LogP contribution in [0.2, 0.25) is 0 Å². The number of hydrogen-bond donors (Lipinski definition) is 2. The molecule has 0 saturated heterocycles. The Bertz CT molecular complexity index is 679. The molecule has 2 atom stereocenters. The van der Waals surface area contributed by atoms with Gasteiger partial charge in [0.2, 0.25) is 0 Å². The van der Waals surface area contributed by atoms with Crippen molar-refractivity contribution in [3.05, 3.63) is 28.8 Å². The molecular weight excluding hydrogens is 240 g/mol. The number of nitrogens with one attached hydrogen (secondary N) is 1. The van der Waals surface area contributed by atoms with Gasteiger partial charge in [0.1, 0.15) is 0 Å². The second kappa shape index (κ2) is 4.26. The van der Waals surface area contributed by atoms with Crippen LogP contribution in [0.1, 0.15) is 13.3 Å². The lowest BCUT2D eigenvalue weighted by Crippen LogP contribution is -2.22.